The first-order valence-corrected chi connectivity index (χ1v) is 7.90. The van der Waals surface area contributed by atoms with Crippen LogP contribution in [0.3, 0.4) is 0 Å². The van der Waals surface area contributed by atoms with Gasteiger partial charge in [0.25, 0.3) is 0 Å². The first kappa shape index (κ1) is 15.5. The molecule has 2 aromatic rings. The third kappa shape index (κ3) is 4.31. The van der Waals surface area contributed by atoms with Crippen molar-refractivity contribution in [2.24, 2.45) is 5.92 Å². The maximum Gasteiger partial charge on any atom is 0.167 e. The number of ether oxygens (including phenoxy) is 1. The lowest BCUT2D eigenvalue weighted by Gasteiger charge is -2.11. The van der Waals surface area contributed by atoms with Crippen LogP contribution in [0.1, 0.15) is 25.4 Å². The third-order valence-electron chi connectivity index (χ3n) is 2.64. The smallest absolute Gasteiger partial charge is 0.167 e. The largest absolute Gasteiger partial charge is 0.486 e. The minimum absolute atomic E-state index is 0.325. The van der Waals surface area contributed by atoms with E-state index in [1.807, 2.05) is 30.3 Å². The SMILES string of the molecule is CC(C)Cc1nc(COc2ccccc2)nc(Cl)c1I. The molecule has 0 aliphatic heterocycles. The molecule has 20 heavy (non-hydrogen) atoms. The second-order valence-corrected chi connectivity index (χ2v) is 6.33. The van der Waals surface area contributed by atoms with Crippen LogP contribution in [0.4, 0.5) is 0 Å². The molecule has 3 nitrogen and oxygen atoms in total. The standard InChI is InChI=1S/C15H16ClIN2O/c1-10(2)8-12-14(17)15(16)19-13(18-12)9-20-11-6-4-3-5-7-11/h3-7,10H,8-9H2,1-2H3. The van der Waals surface area contributed by atoms with E-state index in [1.54, 1.807) is 0 Å². The average Bonchev–Trinajstić information content (AvgIpc) is 2.42. The highest BCUT2D eigenvalue weighted by molar-refractivity contribution is 14.1. The molecule has 0 saturated carbocycles. The summed E-state index contributed by atoms with van der Waals surface area (Å²) < 4.78 is 6.59. The van der Waals surface area contributed by atoms with Crippen molar-refractivity contribution in [1.29, 1.82) is 0 Å². The van der Waals surface area contributed by atoms with E-state index in [1.165, 1.54) is 0 Å². The minimum atomic E-state index is 0.325. The summed E-state index contributed by atoms with van der Waals surface area (Å²) in [6.45, 7) is 4.64. The monoisotopic (exact) mass is 402 g/mol. The molecule has 2 rings (SSSR count). The van der Waals surface area contributed by atoms with Crippen LogP contribution in [0.2, 0.25) is 5.15 Å². The van der Waals surface area contributed by atoms with E-state index in [0.29, 0.717) is 23.5 Å². The number of aromatic nitrogens is 2. The van der Waals surface area contributed by atoms with Crippen LogP contribution in [-0.2, 0) is 13.0 Å². The molecule has 1 aromatic heterocycles. The molecule has 0 spiro atoms. The molecule has 0 fully saturated rings. The van der Waals surface area contributed by atoms with Gasteiger partial charge in [-0.05, 0) is 47.1 Å². The highest BCUT2D eigenvalue weighted by Crippen LogP contribution is 2.22. The van der Waals surface area contributed by atoms with Crippen molar-refractivity contribution in [3.05, 3.63) is 50.6 Å². The van der Waals surface area contributed by atoms with Crippen molar-refractivity contribution in [3.8, 4) is 5.75 Å². The number of hydrogen-bond donors (Lipinski definition) is 0. The fourth-order valence-electron chi connectivity index (χ4n) is 1.76. The average molecular weight is 403 g/mol. The molecular formula is C15H16ClIN2O. The van der Waals surface area contributed by atoms with E-state index in [4.69, 9.17) is 16.3 Å². The Balaban J connectivity index is 2.14. The van der Waals surface area contributed by atoms with Gasteiger partial charge in [0.05, 0.1) is 9.26 Å². The van der Waals surface area contributed by atoms with E-state index in [2.05, 4.69) is 46.4 Å². The zero-order valence-electron chi connectivity index (χ0n) is 11.4. The van der Waals surface area contributed by atoms with Crippen molar-refractivity contribution in [2.75, 3.05) is 0 Å². The minimum Gasteiger partial charge on any atom is -0.486 e. The highest BCUT2D eigenvalue weighted by atomic mass is 127. The molecule has 1 heterocycles. The Morgan fingerprint density at radius 2 is 1.90 bits per heavy atom. The lowest BCUT2D eigenvalue weighted by Crippen LogP contribution is -2.09. The molecule has 5 heteroatoms. The Bertz CT molecular complexity index is 576. The molecule has 0 atom stereocenters. The molecule has 0 unspecified atom stereocenters. The van der Waals surface area contributed by atoms with E-state index >= 15 is 0 Å². The molecular weight excluding hydrogens is 387 g/mol. The van der Waals surface area contributed by atoms with E-state index in [9.17, 15) is 0 Å². The number of nitrogens with zero attached hydrogens (tertiary/aromatic N) is 2. The molecule has 106 valence electrons. The molecule has 0 N–H and O–H groups in total. The van der Waals surface area contributed by atoms with Crippen molar-refractivity contribution >= 4 is 34.2 Å². The third-order valence-corrected chi connectivity index (χ3v) is 4.36. The van der Waals surface area contributed by atoms with Gasteiger partial charge in [-0.25, -0.2) is 9.97 Å². The van der Waals surface area contributed by atoms with Gasteiger partial charge in [-0.3, -0.25) is 0 Å². The van der Waals surface area contributed by atoms with Crippen LogP contribution < -0.4 is 4.74 Å². The summed E-state index contributed by atoms with van der Waals surface area (Å²) in [6, 6.07) is 9.63. The zero-order valence-corrected chi connectivity index (χ0v) is 14.4. The fourth-order valence-corrected chi connectivity index (χ4v) is 2.43. The van der Waals surface area contributed by atoms with Crippen LogP contribution >= 0.6 is 34.2 Å². The molecule has 0 radical (unpaired) electrons. The second-order valence-electron chi connectivity index (χ2n) is 4.89. The van der Waals surface area contributed by atoms with Crippen LogP contribution in [0.5, 0.6) is 5.75 Å². The van der Waals surface area contributed by atoms with Gasteiger partial charge in [0.2, 0.25) is 0 Å². The van der Waals surface area contributed by atoms with Gasteiger partial charge in [0.1, 0.15) is 17.5 Å². The van der Waals surface area contributed by atoms with Crippen molar-refractivity contribution in [1.82, 2.24) is 9.97 Å². The lowest BCUT2D eigenvalue weighted by atomic mass is 10.1. The Morgan fingerprint density at radius 1 is 1.20 bits per heavy atom. The van der Waals surface area contributed by atoms with E-state index < -0.39 is 0 Å². The molecule has 0 saturated heterocycles. The van der Waals surface area contributed by atoms with Crippen LogP contribution in [0.25, 0.3) is 0 Å². The number of para-hydroxylation sites is 1. The number of benzene rings is 1. The van der Waals surface area contributed by atoms with E-state index in [-0.39, 0.29) is 0 Å². The Labute approximate surface area is 137 Å². The summed E-state index contributed by atoms with van der Waals surface area (Å²) >= 11 is 8.37. The summed E-state index contributed by atoms with van der Waals surface area (Å²) in [5.74, 6) is 1.95. The number of halogens is 2. The maximum absolute atomic E-state index is 6.17. The van der Waals surface area contributed by atoms with Gasteiger partial charge in [0.15, 0.2) is 5.82 Å². The first-order chi connectivity index (χ1) is 9.56. The van der Waals surface area contributed by atoms with Gasteiger partial charge in [0, 0.05) is 0 Å². The van der Waals surface area contributed by atoms with Gasteiger partial charge in [-0.15, -0.1) is 0 Å². The Hall–Kier alpha value is -0.880. The first-order valence-electron chi connectivity index (χ1n) is 6.45. The zero-order chi connectivity index (χ0) is 14.5. The normalized spacial score (nSPS) is 10.8. The summed E-state index contributed by atoms with van der Waals surface area (Å²) in [4.78, 5) is 8.84. The van der Waals surface area contributed by atoms with Gasteiger partial charge in [-0.2, -0.15) is 0 Å². The molecule has 0 aliphatic carbocycles. The summed E-state index contributed by atoms with van der Waals surface area (Å²) in [5, 5.41) is 0.503. The summed E-state index contributed by atoms with van der Waals surface area (Å²) in [6.07, 6.45) is 0.888. The Morgan fingerprint density at radius 3 is 2.55 bits per heavy atom. The summed E-state index contributed by atoms with van der Waals surface area (Å²) in [7, 11) is 0. The quantitative estimate of drug-likeness (QED) is 0.545. The van der Waals surface area contributed by atoms with Crippen molar-refractivity contribution < 1.29 is 4.74 Å². The van der Waals surface area contributed by atoms with Crippen LogP contribution in [0, 0.1) is 9.49 Å². The van der Waals surface area contributed by atoms with Crippen molar-refractivity contribution in [2.45, 2.75) is 26.9 Å². The lowest BCUT2D eigenvalue weighted by molar-refractivity contribution is 0.295. The van der Waals surface area contributed by atoms with Crippen LogP contribution in [0.15, 0.2) is 30.3 Å². The molecule has 0 amide bonds. The molecule has 0 aliphatic rings. The van der Waals surface area contributed by atoms with Gasteiger partial charge in [-0.1, -0.05) is 43.6 Å². The number of rotatable bonds is 5. The van der Waals surface area contributed by atoms with Crippen molar-refractivity contribution in [3.63, 3.8) is 0 Å². The van der Waals surface area contributed by atoms with Crippen LogP contribution in [-0.4, -0.2) is 9.97 Å². The predicted molar refractivity (Wildman–Crippen MR) is 89.1 cm³/mol. The predicted octanol–water partition coefficient (Wildman–Crippen LogP) is 4.51. The van der Waals surface area contributed by atoms with E-state index in [0.717, 1.165) is 21.4 Å². The van der Waals surface area contributed by atoms with Gasteiger partial charge < -0.3 is 4.74 Å². The number of hydrogen-bond acceptors (Lipinski definition) is 3. The van der Waals surface area contributed by atoms with Gasteiger partial charge >= 0.3 is 0 Å². The highest BCUT2D eigenvalue weighted by Gasteiger charge is 2.12. The second kappa shape index (κ2) is 7.22. The maximum atomic E-state index is 6.17. The topological polar surface area (TPSA) is 35.0 Å². The summed E-state index contributed by atoms with van der Waals surface area (Å²) in [5.41, 5.74) is 0.993. The molecule has 0 bridgehead atoms. The fraction of sp³-hybridized carbons (Fsp3) is 0.333. The molecule has 1 aromatic carbocycles. The Kier molecular flexibility index (Phi) is 5.60.